The van der Waals surface area contributed by atoms with Crippen LogP contribution in [0.1, 0.15) is 11.4 Å². The van der Waals surface area contributed by atoms with Gasteiger partial charge in [-0.15, -0.1) is 0 Å². The summed E-state index contributed by atoms with van der Waals surface area (Å²) in [5, 5.41) is 12.8. The molecule has 2 aliphatic heterocycles. The summed E-state index contributed by atoms with van der Waals surface area (Å²) in [6, 6.07) is 8.10. The smallest absolute Gasteiger partial charge is 0.387 e. The summed E-state index contributed by atoms with van der Waals surface area (Å²) < 4.78 is 33.7. The highest BCUT2D eigenvalue weighted by atomic mass is 19.3. The molecule has 1 atom stereocenters. The van der Waals surface area contributed by atoms with Gasteiger partial charge in [0.25, 0.3) is 5.56 Å². The van der Waals surface area contributed by atoms with Gasteiger partial charge in [-0.1, -0.05) is 6.07 Å². The fraction of sp³-hybridized carbons (Fsp3) is 0.346. The number of ether oxygens (including phenoxy) is 1. The molecule has 2 amide bonds. The van der Waals surface area contributed by atoms with Crippen LogP contribution in [0, 0.1) is 0 Å². The molecule has 2 fully saturated rings. The third-order valence-corrected chi connectivity index (χ3v) is 7.32. The van der Waals surface area contributed by atoms with Gasteiger partial charge in [0.2, 0.25) is 5.95 Å². The third-order valence-electron chi connectivity index (χ3n) is 7.32. The van der Waals surface area contributed by atoms with Crippen molar-refractivity contribution in [3.8, 4) is 16.9 Å². The Kier molecular flexibility index (Phi) is 6.54. The van der Waals surface area contributed by atoms with Gasteiger partial charge in [0.05, 0.1) is 35.8 Å². The zero-order chi connectivity index (χ0) is 28.0. The highest BCUT2D eigenvalue weighted by molar-refractivity contribution is 5.84. The van der Waals surface area contributed by atoms with Gasteiger partial charge in [0, 0.05) is 51.2 Å². The van der Waals surface area contributed by atoms with E-state index >= 15 is 0 Å². The van der Waals surface area contributed by atoms with Crippen molar-refractivity contribution in [3.05, 3.63) is 64.5 Å². The van der Waals surface area contributed by atoms with E-state index in [1.54, 1.807) is 36.3 Å². The van der Waals surface area contributed by atoms with E-state index < -0.39 is 6.61 Å². The molecule has 2 saturated heterocycles. The van der Waals surface area contributed by atoms with E-state index in [4.69, 9.17) is 0 Å². The van der Waals surface area contributed by atoms with Crippen LogP contribution in [0.2, 0.25) is 0 Å². The maximum Gasteiger partial charge on any atom is 0.387 e. The summed E-state index contributed by atoms with van der Waals surface area (Å²) in [6.07, 6.45) is 3.42. The van der Waals surface area contributed by atoms with E-state index in [1.165, 1.54) is 16.8 Å². The predicted molar refractivity (Wildman–Crippen MR) is 140 cm³/mol. The largest absolute Gasteiger partial charge is 0.433 e. The molecule has 3 aromatic heterocycles. The number of hydrogen-bond donors (Lipinski definition) is 2. The van der Waals surface area contributed by atoms with Crippen LogP contribution in [0.5, 0.6) is 5.75 Å². The second-order valence-corrected chi connectivity index (χ2v) is 9.65. The molecule has 6 rings (SSSR count). The molecule has 12 nitrogen and oxygen atoms in total. The average Bonchev–Trinajstić information content (AvgIpc) is 3.45. The molecule has 0 aliphatic carbocycles. The van der Waals surface area contributed by atoms with Gasteiger partial charge in [-0.3, -0.25) is 14.2 Å². The number of nitrogens with one attached hydrogen (secondary N) is 1. The number of aliphatic hydroxyl groups is 1. The molecule has 1 aromatic carbocycles. The summed E-state index contributed by atoms with van der Waals surface area (Å²) in [5.41, 5.74) is 2.22. The first-order valence-electron chi connectivity index (χ1n) is 12.7. The summed E-state index contributed by atoms with van der Waals surface area (Å²) >= 11 is 0. The molecule has 5 heterocycles. The van der Waals surface area contributed by atoms with E-state index in [2.05, 4.69) is 29.9 Å². The zero-order valence-electron chi connectivity index (χ0n) is 21.5. The Balaban J connectivity index is 1.30. The van der Waals surface area contributed by atoms with E-state index in [0.717, 1.165) is 11.1 Å². The van der Waals surface area contributed by atoms with Gasteiger partial charge < -0.3 is 25.0 Å². The maximum absolute atomic E-state index is 13.0. The van der Waals surface area contributed by atoms with Crippen LogP contribution in [0.4, 0.5) is 19.5 Å². The topological polar surface area (TPSA) is 131 Å². The average molecular weight is 553 g/mol. The Hall–Kier alpha value is -4.59. The van der Waals surface area contributed by atoms with Crippen molar-refractivity contribution in [2.24, 2.45) is 7.05 Å². The molecule has 0 saturated carbocycles. The number of carbonyl (C=O) groups is 1. The molecule has 40 heavy (non-hydrogen) atoms. The number of fused-ring (bicyclic) bond motifs is 2. The van der Waals surface area contributed by atoms with Crippen LogP contribution in [0.15, 0.2) is 47.5 Å². The van der Waals surface area contributed by atoms with E-state index in [1.807, 2.05) is 11.0 Å². The van der Waals surface area contributed by atoms with Crippen molar-refractivity contribution in [2.75, 3.05) is 31.1 Å². The molecular weight excluding hydrogens is 526 g/mol. The zero-order valence-corrected chi connectivity index (χ0v) is 21.5. The molecular formula is C26H26F2N8O4. The van der Waals surface area contributed by atoms with Crippen molar-refractivity contribution in [2.45, 2.75) is 25.8 Å². The molecule has 208 valence electrons. The number of aliphatic hydroxyl groups excluding tert-OH is 1. The fourth-order valence-electron chi connectivity index (χ4n) is 5.24. The number of alkyl halides is 2. The number of rotatable bonds is 7. The lowest BCUT2D eigenvalue weighted by atomic mass is 10.1. The van der Waals surface area contributed by atoms with Crippen molar-refractivity contribution in [1.29, 1.82) is 0 Å². The number of benzene rings is 1. The Morgan fingerprint density at radius 3 is 2.67 bits per heavy atom. The highest BCUT2D eigenvalue weighted by Crippen LogP contribution is 2.27. The first kappa shape index (κ1) is 25.7. The van der Waals surface area contributed by atoms with Crippen molar-refractivity contribution in [1.82, 2.24) is 34.5 Å². The second-order valence-electron chi connectivity index (χ2n) is 9.65. The number of carbonyl (C=O) groups excluding carboxylic acids is 1. The molecule has 2 N–H and O–H groups in total. The van der Waals surface area contributed by atoms with Gasteiger partial charge >= 0.3 is 12.6 Å². The van der Waals surface area contributed by atoms with Gasteiger partial charge in [-0.25, -0.2) is 19.7 Å². The minimum atomic E-state index is -3.05. The molecule has 0 radical (unpaired) electrons. The highest BCUT2D eigenvalue weighted by Gasteiger charge is 2.36. The molecule has 4 aromatic rings. The van der Waals surface area contributed by atoms with E-state index in [9.17, 15) is 23.5 Å². The van der Waals surface area contributed by atoms with Crippen LogP contribution >= 0.6 is 0 Å². The Morgan fingerprint density at radius 1 is 1.12 bits per heavy atom. The van der Waals surface area contributed by atoms with E-state index in [-0.39, 0.29) is 47.9 Å². The lowest BCUT2D eigenvalue weighted by Gasteiger charge is -2.36. The van der Waals surface area contributed by atoms with Gasteiger partial charge in [-0.2, -0.15) is 8.78 Å². The summed E-state index contributed by atoms with van der Waals surface area (Å²) in [7, 11) is 1.58. The fourth-order valence-corrected chi connectivity index (χ4v) is 5.24. The molecule has 2 aliphatic rings. The number of hydrogen-bond acceptors (Lipinski definition) is 8. The number of urea groups is 1. The summed E-state index contributed by atoms with van der Waals surface area (Å²) in [6.45, 7) is -1.00. The first-order chi connectivity index (χ1) is 19.3. The molecule has 0 spiro atoms. The van der Waals surface area contributed by atoms with Gasteiger partial charge in [0.1, 0.15) is 11.4 Å². The SMILES string of the molecule is Cn1c(=O)c2ccc(-c3cnc(N4CCN5C(=O)NCC5C4)nc3)cc2n1Cc1nc(CO)ccc1OC(F)F. The normalized spacial score (nSPS) is 17.0. The molecule has 0 bridgehead atoms. The van der Waals surface area contributed by atoms with Crippen molar-refractivity contribution >= 4 is 22.9 Å². The number of nitrogens with zero attached hydrogens (tertiary/aromatic N) is 7. The lowest BCUT2D eigenvalue weighted by Crippen LogP contribution is -2.52. The minimum absolute atomic E-state index is 0.0367. The number of piperazine rings is 1. The standard InChI is InChI=1S/C26H26F2N8O4/c1-33-23(38)19-4-2-15(8-21(19)36(33)13-20-22(40-24(27)28)5-3-17(14-37)32-20)16-9-29-25(30-10-16)34-6-7-35-18(12-34)11-31-26(35)39/h2-5,8-10,18,24,37H,6-7,11-14H2,1H3,(H,31,39). The van der Waals surface area contributed by atoms with Gasteiger partial charge in [0.15, 0.2) is 0 Å². The van der Waals surface area contributed by atoms with Crippen LogP contribution in [0.25, 0.3) is 22.0 Å². The quantitative estimate of drug-likeness (QED) is 0.353. The number of halogens is 2. The maximum atomic E-state index is 13.0. The second kappa shape index (κ2) is 10.2. The lowest BCUT2D eigenvalue weighted by molar-refractivity contribution is -0.0508. The number of anilines is 1. The Morgan fingerprint density at radius 2 is 1.93 bits per heavy atom. The third kappa shape index (κ3) is 4.59. The van der Waals surface area contributed by atoms with Crippen LogP contribution in [0.3, 0.4) is 0 Å². The number of aromatic nitrogens is 5. The van der Waals surface area contributed by atoms with Crippen LogP contribution < -0.4 is 20.5 Å². The molecule has 14 heteroatoms. The number of amides is 2. The van der Waals surface area contributed by atoms with Crippen molar-refractivity contribution in [3.63, 3.8) is 0 Å². The first-order valence-corrected chi connectivity index (χ1v) is 12.7. The number of pyridine rings is 1. The van der Waals surface area contributed by atoms with Crippen molar-refractivity contribution < 1.29 is 23.4 Å². The van der Waals surface area contributed by atoms with Gasteiger partial charge in [-0.05, 0) is 29.8 Å². The predicted octanol–water partition coefficient (Wildman–Crippen LogP) is 1.55. The summed E-state index contributed by atoms with van der Waals surface area (Å²) in [5.74, 6) is 0.432. The van der Waals surface area contributed by atoms with E-state index in [0.29, 0.717) is 43.0 Å². The Bertz CT molecular complexity index is 1640. The minimum Gasteiger partial charge on any atom is -0.433 e. The van der Waals surface area contributed by atoms with Crippen LogP contribution in [-0.2, 0) is 20.2 Å². The Labute approximate surface area is 226 Å². The molecule has 1 unspecified atom stereocenters. The van der Waals surface area contributed by atoms with Crippen LogP contribution in [-0.4, -0.2) is 79.2 Å². The monoisotopic (exact) mass is 552 g/mol. The summed E-state index contributed by atoms with van der Waals surface area (Å²) in [4.78, 5) is 42.1.